The van der Waals surface area contributed by atoms with Crippen LogP contribution >= 0.6 is 11.6 Å². The van der Waals surface area contributed by atoms with E-state index in [1.807, 2.05) is 49.1 Å². The van der Waals surface area contributed by atoms with E-state index >= 15 is 4.39 Å². The van der Waals surface area contributed by atoms with Gasteiger partial charge in [-0.1, -0.05) is 61.3 Å². The molecule has 5 rings (SSSR count). The summed E-state index contributed by atoms with van der Waals surface area (Å²) in [6, 6.07) is 16.2. The highest BCUT2D eigenvalue weighted by Gasteiger charge is 2.36. The lowest BCUT2D eigenvalue weighted by Gasteiger charge is -2.41. The van der Waals surface area contributed by atoms with E-state index in [0.717, 1.165) is 29.2 Å². The predicted molar refractivity (Wildman–Crippen MR) is 158 cm³/mol. The Bertz CT molecular complexity index is 1640. The first-order valence-corrected chi connectivity index (χ1v) is 14.3. The summed E-state index contributed by atoms with van der Waals surface area (Å²) in [4.78, 5) is 30.1. The van der Waals surface area contributed by atoms with E-state index in [4.69, 9.17) is 16.3 Å². The average molecular weight is 596 g/mol. The molecule has 1 atom stereocenters. The Balaban J connectivity index is 1.55. The maximum absolute atomic E-state index is 15.8. The molecule has 0 bridgehead atoms. The Morgan fingerprint density at radius 3 is 2.43 bits per heavy atom. The number of hydrogen-bond acceptors (Lipinski definition) is 5. The summed E-state index contributed by atoms with van der Waals surface area (Å²) in [6.07, 6.45) is 1.61. The second-order valence-corrected chi connectivity index (χ2v) is 10.6. The van der Waals surface area contributed by atoms with E-state index in [1.54, 1.807) is 6.92 Å². The number of anilines is 2. The van der Waals surface area contributed by atoms with Crippen LogP contribution in [-0.2, 0) is 24.5 Å². The number of nitrogens with zero attached hydrogens (tertiary/aromatic N) is 5. The van der Waals surface area contributed by atoms with E-state index in [0.29, 0.717) is 24.7 Å². The molecule has 0 unspecified atom stereocenters. The molecule has 1 aromatic heterocycles. The molecule has 0 fully saturated rings. The first kappa shape index (κ1) is 29.5. The maximum atomic E-state index is 15.8. The minimum Gasteiger partial charge on any atom is -0.369 e. The van der Waals surface area contributed by atoms with Crippen molar-refractivity contribution in [3.8, 4) is 5.69 Å². The van der Waals surface area contributed by atoms with Gasteiger partial charge in [-0.15, -0.1) is 5.10 Å². The Labute approximate surface area is 247 Å². The SMILES string of the molecule is CCC[C@H](C)N1CN(c2c(F)cccc2Cl)C(=O)c2cc(F)c(-n3nc(COCc4ccccc4)n(CC)c3=O)cc21. The molecule has 220 valence electrons. The van der Waals surface area contributed by atoms with Crippen molar-refractivity contribution in [3.63, 3.8) is 0 Å². The van der Waals surface area contributed by atoms with Crippen LogP contribution in [0.5, 0.6) is 0 Å². The van der Waals surface area contributed by atoms with Crippen molar-refractivity contribution < 1.29 is 18.3 Å². The number of halogens is 3. The van der Waals surface area contributed by atoms with Crippen molar-refractivity contribution in [2.75, 3.05) is 16.5 Å². The largest absolute Gasteiger partial charge is 0.369 e. The van der Waals surface area contributed by atoms with Gasteiger partial charge in [0.15, 0.2) is 5.82 Å². The highest BCUT2D eigenvalue weighted by molar-refractivity contribution is 6.34. The summed E-state index contributed by atoms with van der Waals surface area (Å²) in [6.45, 7) is 6.50. The zero-order chi connectivity index (χ0) is 30.0. The molecule has 8 nitrogen and oxygen atoms in total. The van der Waals surface area contributed by atoms with Gasteiger partial charge in [-0.3, -0.25) is 14.3 Å². The quantitative estimate of drug-likeness (QED) is 0.215. The third kappa shape index (κ3) is 5.56. The lowest BCUT2D eigenvalue weighted by Crippen LogP contribution is -2.51. The van der Waals surface area contributed by atoms with Crippen LogP contribution in [0.2, 0.25) is 5.02 Å². The van der Waals surface area contributed by atoms with Gasteiger partial charge in [0.1, 0.15) is 29.6 Å². The summed E-state index contributed by atoms with van der Waals surface area (Å²) >= 11 is 6.31. The van der Waals surface area contributed by atoms with Crippen molar-refractivity contribution in [2.45, 2.75) is 59.4 Å². The standard InChI is InChI=1S/C31H32ClF2N5O3/c1-4-10-20(3)37-19-38(29-23(32)13-9-14-24(29)33)30(40)22-15-25(34)27(16-26(22)37)39-31(41)36(5-2)28(35-39)18-42-17-21-11-7-6-8-12-21/h6-9,11-16,20H,4-5,10,17-19H2,1-3H3/t20-/m0/s1. The van der Waals surface area contributed by atoms with Crippen molar-refractivity contribution >= 4 is 28.9 Å². The molecular formula is C31H32ClF2N5O3. The number of fused-ring (bicyclic) bond motifs is 1. The predicted octanol–water partition coefficient (Wildman–Crippen LogP) is 6.32. The molecule has 1 aliphatic rings. The first-order valence-electron chi connectivity index (χ1n) is 13.9. The van der Waals surface area contributed by atoms with Gasteiger partial charge >= 0.3 is 5.69 Å². The molecular weight excluding hydrogens is 564 g/mol. The first-order chi connectivity index (χ1) is 20.2. The number of amides is 1. The smallest absolute Gasteiger partial charge is 0.350 e. The van der Waals surface area contributed by atoms with Gasteiger partial charge in [0.05, 0.1) is 29.5 Å². The number of ether oxygens (including phenoxy) is 1. The van der Waals surface area contributed by atoms with E-state index in [-0.39, 0.29) is 41.3 Å². The monoisotopic (exact) mass is 595 g/mol. The fourth-order valence-electron chi connectivity index (χ4n) is 5.28. The third-order valence-electron chi connectivity index (χ3n) is 7.42. The van der Waals surface area contributed by atoms with Crippen molar-refractivity contribution in [3.05, 3.63) is 105 Å². The van der Waals surface area contributed by atoms with Crippen molar-refractivity contribution in [1.29, 1.82) is 0 Å². The highest BCUT2D eigenvalue weighted by Crippen LogP contribution is 2.38. The van der Waals surface area contributed by atoms with Crippen LogP contribution in [-0.4, -0.2) is 33.0 Å². The van der Waals surface area contributed by atoms with Crippen LogP contribution in [0.25, 0.3) is 5.69 Å². The van der Waals surface area contributed by atoms with Gasteiger partial charge < -0.3 is 9.64 Å². The fourth-order valence-corrected chi connectivity index (χ4v) is 5.55. The summed E-state index contributed by atoms with van der Waals surface area (Å²) in [7, 11) is 0. The third-order valence-corrected chi connectivity index (χ3v) is 7.72. The Morgan fingerprint density at radius 2 is 1.74 bits per heavy atom. The molecule has 0 saturated carbocycles. The Morgan fingerprint density at radius 1 is 0.976 bits per heavy atom. The van der Waals surface area contributed by atoms with E-state index < -0.39 is 23.2 Å². The Kier molecular flexibility index (Phi) is 8.74. The molecule has 1 aliphatic heterocycles. The summed E-state index contributed by atoms with van der Waals surface area (Å²) in [5.41, 5.74) is 0.768. The van der Waals surface area contributed by atoms with Crippen LogP contribution in [0.1, 0.15) is 55.4 Å². The van der Waals surface area contributed by atoms with Gasteiger partial charge in [0.25, 0.3) is 5.91 Å². The molecule has 0 N–H and O–H groups in total. The minimum absolute atomic E-state index is 0.00436. The van der Waals surface area contributed by atoms with Crippen molar-refractivity contribution in [1.82, 2.24) is 14.3 Å². The minimum atomic E-state index is -0.814. The molecule has 2 heterocycles. The number of carbonyl (C=O) groups excluding carboxylic acids is 1. The molecule has 1 amide bonds. The highest BCUT2D eigenvalue weighted by atomic mass is 35.5. The number of carbonyl (C=O) groups is 1. The van der Waals surface area contributed by atoms with E-state index in [2.05, 4.69) is 5.10 Å². The van der Waals surface area contributed by atoms with Gasteiger partial charge in [0.2, 0.25) is 0 Å². The van der Waals surface area contributed by atoms with Crippen LogP contribution in [0.15, 0.2) is 65.5 Å². The van der Waals surface area contributed by atoms with E-state index in [1.165, 1.54) is 33.7 Å². The lowest BCUT2D eigenvalue weighted by molar-refractivity contribution is 0.0980. The van der Waals surface area contributed by atoms with Gasteiger partial charge in [-0.25, -0.2) is 13.6 Å². The van der Waals surface area contributed by atoms with Gasteiger partial charge in [-0.2, -0.15) is 4.68 Å². The number of rotatable bonds is 10. The average Bonchev–Trinajstić information content (AvgIpc) is 3.29. The van der Waals surface area contributed by atoms with Gasteiger partial charge in [-0.05, 0) is 50.1 Å². The molecule has 0 saturated heterocycles. The summed E-state index contributed by atoms with van der Waals surface area (Å²) in [5, 5.41) is 4.50. The molecule has 11 heteroatoms. The molecule has 3 aromatic carbocycles. The number of hydrogen-bond donors (Lipinski definition) is 0. The van der Waals surface area contributed by atoms with Gasteiger partial charge in [0, 0.05) is 12.6 Å². The zero-order valence-electron chi connectivity index (χ0n) is 23.7. The Hall–Kier alpha value is -4.02. The summed E-state index contributed by atoms with van der Waals surface area (Å²) < 4.78 is 38.9. The summed E-state index contributed by atoms with van der Waals surface area (Å²) in [5.74, 6) is -1.71. The van der Waals surface area contributed by atoms with Crippen LogP contribution < -0.4 is 15.5 Å². The fraction of sp³-hybridized carbons (Fsp3) is 0.323. The van der Waals surface area contributed by atoms with Crippen molar-refractivity contribution in [2.24, 2.45) is 0 Å². The normalized spacial score (nSPS) is 13.9. The second kappa shape index (κ2) is 12.5. The van der Waals surface area contributed by atoms with Crippen LogP contribution in [0, 0.1) is 11.6 Å². The topological polar surface area (TPSA) is 72.6 Å². The maximum Gasteiger partial charge on any atom is 0.350 e. The molecule has 0 aliphatic carbocycles. The number of para-hydroxylation sites is 1. The number of benzene rings is 3. The molecule has 0 spiro atoms. The van der Waals surface area contributed by atoms with E-state index in [9.17, 15) is 14.0 Å². The molecule has 0 radical (unpaired) electrons. The lowest BCUT2D eigenvalue weighted by atomic mass is 10.0. The van der Waals surface area contributed by atoms with Crippen LogP contribution in [0.3, 0.4) is 0 Å². The van der Waals surface area contributed by atoms with Crippen LogP contribution in [0.4, 0.5) is 20.2 Å². The zero-order valence-corrected chi connectivity index (χ0v) is 24.4. The molecule has 4 aromatic rings. The molecule has 42 heavy (non-hydrogen) atoms. The number of aromatic nitrogens is 3. The second-order valence-electron chi connectivity index (χ2n) is 10.2.